The first-order valence-corrected chi connectivity index (χ1v) is 10.8. The number of nitrogens with zero attached hydrogens (tertiary/aromatic N) is 1. The van der Waals surface area contributed by atoms with Gasteiger partial charge in [-0.2, -0.15) is 0 Å². The number of aromatic nitrogens is 1. The standard InChI is InChI=1S/C19H17FN2O3S2/c1-12-4-3-5-13(8-12)19-21-14(11-26-19)9-18(23)22-17-10-15(27(2,24)25)6-7-16(17)20/h3-8,10-11H,9H2,1-2H3,(H,22,23). The topological polar surface area (TPSA) is 76.1 Å². The maximum absolute atomic E-state index is 13.9. The van der Waals surface area contributed by atoms with Crippen LogP contribution < -0.4 is 5.32 Å². The minimum absolute atomic E-state index is 0.0368. The minimum Gasteiger partial charge on any atom is -0.323 e. The van der Waals surface area contributed by atoms with E-state index in [1.165, 1.54) is 11.3 Å². The highest BCUT2D eigenvalue weighted by Gasteiger charge is 2.14. The van der Waals surface area contributed by atoms with Gasteiger partial charge in [-0.05, 0) is 31.2 Å². The van der Waals surface area contributed by atoms with Crippen molar-refractivity contribution in [3.05, 3.63) is 64.9 Å². The third-order valence-electron chi connectivity index (χ3n) is 3.80. The average molecular weight is 404 g/mol. The lowest BCUT2D eigenvalue weighted by Crippen LogP contribution is -2.16. The van der Waals surface area contributed by atoms with Crippen LogP contribution in [0.2, 0.25) is 0 Å². The molecule has 0 saturated heterocycles. The summed E-state index contributed by atoms with van der Waals surface area (Å²) in [5.41, 5.74) is 2.48. The molecule has 0 bridgehead atoms. The molecule has 1 aromatic heterocycles. The van der Waals surface area contributed by atoms with Gasteiger partial charge in [0, 0.05) is 17.2 Å². The molecule has 1 heterocycles. The van der Waals surface area contributed by atoms with Crippen molar-refractivity contribution in [3.63, 3.8) is 0 Å². The van der Waals surface area contributed by atoms with E-state index in [-0.39, 0.29) is 17.0 Å². The molecule has 8 heteroatoms. The summed E-state index contributed by atoms with van der Waals surface area (Å²) in [6.45, 7) is 1.99. The third-order valence-corrected chi connectivity index (χ3v) is 5.85. The SMILES string of the molecule is Cc1cccc(-c2nc(CC(=O)Nc3cc(S(C)(=O)=O)ccc3F)cs2)c1. The third kappa shape index (κ3) is 4.78. The van der Waals surface area contributed by atoms with Gasteiger partial charge in [0.15, 0.2) is 9.84 Å². The number of benzene rings is 2. The molecule has 140 valence electrons. The van der Waals surface area contributed by atoms with Crippen LogP contribution in [0.1, 0.15) is 11.3 Å². The van der Waals surface area contributed by atoms with Crippen molar-refractivity contribution in [1.29, 1.82) is 0 Å². The molecule has 0 aliphatic rings. The van der Waals surface area contributed by atoms with Gasteiger partial charge in [0.05, 0.1) is 22.7 Å². The summed E-state index contributed by atoms with van der Waals surface area (Å²) in [5.74, 6) is -1.17. The van der Waals surface area contributed by atoms with E-state index < -0.39 is 21.6 Å². The predicted molar refractivity (Wildman–Crippen MR) is 104 cm³/mol. The van der Waals surface area contributed by atoms with Gasteiger partial charge in [-0.3, -0.25) is 4.79 Å². The second-order valence-electron chi connectivity index (χ2n) is 6.15. The first-order chi connectivity index (χ1) is 12.7. The Hall–Kier alpha value is -2.58. The molecule has 0 fully saturated rings. The quantitative estimate of drug-likeness (QED) is 0.656. The normalized spacial score (nSPS) is 11.4. The summed E-state index contributed by atoms with van der Waals surface area (Å²) in [4.78, 5) is 16.6. The number of rotatable bonds is 5. The number of halogens is 1. The maximum atomic E-state index is 13.9. The Morgan fingerprint density at radius 1 is 1.22 bits per heavy atom. The van der Waals surface area contributed by atoms with Gasteiger partial charge >= 0.3 is 0 Å². The van der Waals surface area contributed by atoms with Crippen molar-refractivity contribution < 1.29 is 17.6 Å². The number of thiazole rings is 1. The Labute approximate surface area is 160 Å². The lowest BCUT2D eigenvalue weighted by atomic mass is 10.1. The van der Waals surface area contributed by atoms with Crippen molar-refractivity contribution in [2.24, 2.45) is 0 Å². The summed E-state index contributed by atoms with van der Waals surface area (Å²) in [6, 6.07) is 11.2. The second kappa shape index (κ2) is 7.58. The number of amides is 1. The van der Waals surface area contributed by atoms with Gasteiger partial charge in [-0.15, -0.1) is 11.3 Å². The van der Waals surface area contributed by atoms with E-state index in [4.69, 9.17) is 0 Å². The highest BCUT2D eigenvalue weighted by molar-refractivity contribution is 7.90. The zero-order valence-electron chi connectivity index (χ0n) is 14.7. The second-order valence-corrected chi connectivity index (χ2v) is 9.03. The Balaban J connectivity index is 1.74. The van der Waals surface area contributed by atoms with E-state index in [9.17, 15) is 17.6 Å². The minimum atomic E-state index is -3.50. The van der Waals surface area contributed by atoms with Crippen molar-refractivity contribution in [2.75, 3.05) is 11.6 Å². The molecule has 0 aliphatic carbocycles. The van der Waals surface area contributed by atoms with E-state index in [2.05, 4.69) is 10.3 Å². The molecule has 1 N–H and O–H groups in total. The summed E-state index contributed by atoms with van der Waals surface area (Å²) in [7, 11) is -3.50. The van der Waals surface area contributed by atoms with Crippen LogP contribution in [0.15, 0.2) is 52.7 Å². The van der Waals surface area contributed by atoms with Crippen LogP contribution in [0.5, 0.6) is 0 Å². The Kier molecular flexibility index (Phi) is 5.38. The fourth-order valence-corrected chi connectivity index (χ4v) is 3.95. The van der Waals surface area contributed by atoms with Crippen molar-refractivity contribution in [1.82, 2.24) is 4.98 Å². The van der Waals surface area contributed by atoms with E-state index in [0.717, 1.165) is 40.6 Å². The first-order valence-electron chi connectivity index (χ1n) is 8.03. The molecule has 0 aliphatic heterocycles. The molecule has 27 heavy (non-hydrogen) atoms. The van der Waals surface area contributed by atoms with Gasteiger partial charge in [0.2, 0.25) is 5.91 Å². The predicted octanol–water partition coefficient (Wildman–Crippen LogP) is 3.84. The van der Waals surface area contributed by atoms with Gasteiger partial charge in [0.25, 0.3) is 0 Å². The zero-order chi connectivity index (χ0) is 19.6. The van der Waals surface area contributed by atoms with Gasteiger partial charge in [-0.25, -0.2) is 17.8 Å². The molecule has 5 nitrogen and oxygen atoms in total. The van der Waals surface area contributed by atoms with Crippen molar-refractivity contribution in [2.45, 2.75) is 18.2 Å². The van der Waals surface area contributed by atoms with E-state index >= 15 is 0 Å². The van der Waals surface area contributed by atoms with Crippen LogP contribution in [-0.4, -0.2) is 25.6 Å². The van der Waals surface area contributed by atoms with Crippen LogP contribution in [0.4, 0.5) is 10.1 Å². The number of carbonyl (C=O) groups excluding carboxylic acids is 1. The first kappa shape index (κ1) is 19.2. The van der Waals surface area contributed by atoms with E-state index in [1.54, 1.807) is 5.38 Å². The fourth-order valence-electron chi connectivity index (χ4n) is 2.49. The van der Waals surface area contributed by atoms with E-state index in [1.807, 2.05) is 31.2 Å². The van der Waals surface area contributed by atoms with Crippen LogP contribution in [0.3, 0.4) is 0 Å². The fraction of sp³-hybridized carbons (Fsp3) is 0.158. The number of hydrogen-bond donors (Lipinski definition) is 1. The van der Waals surface area contributed by atoms with Crippen molar-refractivity contribution in [3.8, 4) is 10.6 Å². The number of carbonyl (C=O) groups is 1. The van der Waals surface area contributed by atoms with E-state index in [0.29, 0.717) is 5.69 Å². The van der Waals surface area contributed by atoms with Gasteiger partial charge in [0.1, 0.15) is 10.8 Å². The number of sulfone groups is 1. The summed E-state index contributed by atoms with van der Waals surface area (Å²) in [5, 5.41) is 4.99. The number of hydrogen-bond acceptors (Lipinski definition) is 5. The zero-order valence-corrected chi connectivity index (χ0v) is 16.3. The molecule has 0 spiro atoms. The number of aryl methyl sites for hydroxylation is 1. The molecule has 0 saturated carbocycles. The van der Waals surface area contributed by atoms with Crippen LogP contribution in [0.25, 0.3) is 10.6 Å². The molecule has 3 aromatic rings. The molecule has 2 aromatic carbocycles. The largest absolute Gasteiger partial charge is 0.323 e. The average Bonchev–Trinajstić information content (AvgIpc) is 3.04. The Morgan fingerprint density at radius 3 is 2.70 bits per heavy atom. The molecular weight excluding hydrogens is 387 g/mol. The van der Waals surface area contributed by atoms with Gasteiger partial charge < -0.3 is 5.32 Å². The maximum Gasteiger partial charge on any atom is 0.230 e. The molecule has 0 atom stereocenters. The lowest BCUT2D eigenvalue weighted by Gasteiger charge is -2.07. The molecule has 1 amide bonds. The molecular formula is C19H17FN2O3S2. The van der Waals surface area contributed by atoms with Crippen LogP contribution in [0, 0.1) is 12.7 Å². The Bertz CT molecular complexity index is 1110. The molecule has 3 rings (SSSR count). The number of nitrogens with one attached hydrogen (secondary N) is 1. The van der Waals surface area contributed by atoms with Crippen LogP contribution >= 0.6 is 11.3 Å². The molecule has 0 unspecified atom stereocenters. The summed E-state index contributed by atoms with van der Waals surface area (Å²) >= 11 is 1.42. The number of anilines is 1. The monoisotopic (exact) mass is 404 g/mol. The summed E-state index contributed by atoms with van der Waals surface area (Å²) in [6.07, 6.45) is 0.985. The molecule has 0 radical (unpaired) electrons. The smallest absolute Gasteiger partial charge is 0.230 e. The Morgan fingerprint density at radius 2 is 2.00 bits per heavy atom. The lowest BCUT2D eigenvalue weighted by molar-refractivity contribution is -0.115. The highest BCUT2D eigenvalue weighted by Crippen LogP contribution is 2.25. The summed E-state index contributed by atoms with van der Waals surface area (Å²) < 4.78 is 37.1. The van der Waals surface area contributed by atoms with Gasteiger partial charge in [-0.1, -0.05) is 23.8 Å². The highest BCUT2D eigenvalue weighted by atomic mass is 32.2. The van der Waals surface area contributed by atoms with Crippen molar-refractivity contribution >= 4 is 32.8 Å². The van der Waals surface area contributed by atoms with Crippen LogP contribution in [-0.2, 0) is 21.1 Å².